The maximum atomic E-state index is 12.7. The lowest BCUT2D eigenvalue weighted by Gasteiger charge is -2.41. The van der Waals surface area contributed by atoms with Crippen molar-refractivity contribution in [2.45, 2.75) is 26.2 Å². The fourth-order valence-electron chi connectivity index (χ4n) is 3.70. The molecule has 0 saturated carbocycles. The topological polar surface area (TPSA) is 66.3 Å². The minimum atomic E-state index is 0.138. The number of hydrogen-bond acceptors (Lipinski definition) is 3. The van der Waals surface area contributed by atoms with Crippen LogP contribution in [0.5, 0.6) is 0 Å². The number of hydrogen-bond donors (Lipinski definition) is 2. The van der Waals surface area contributed by atoms with Crippen LogP contribution < -0.4 is 10.2 Å². The summed E-state index contributed by atoms with van der Waals surface area (Å²) in [6, 6.07) is 0.138. The van der Waals surface area contributed by atoms with Crippen LogP contribution in [0.4, 0.5) is 4.79 Å². The Bertz CT molecular complexity index is 438. The van der Waals surface area contributed by atoms with E-state index in [4.69, 9.17) is 4.74 Å². The molecule has 2 fully saturated rings. The number of nitrogens with zero attached hydrogens (tertiary/aromatic N) is 2. The Kier molecular flexibility index (Phi) is 7.96. The molecule has 0 bridgehead atoms. The maximum absolute atomic E-state index is 12.7. The molecule has 25 heavy (non-hydrogen) atoms. The van der Waals surface area contributed by atoms with Crippen LogP contribution in [0.1, 0.15) is 26.2 Å². The van der Waals surface area contributed by atoms with Crippen molar-refractivity contribution in [3.05, 3.63) is 0 Å². The molecule has 2 heterocycles. The minimum absolute atomic E-state index is 0.138. The molecule has 2 atom stereocenters. The second-order valence-electron chi connectivity index (χ2n) is 7.56. The quantitative estimate of drug-likeness (QED) is 0.671. The van der Waals surface area contributed by atoms with Gasteiger partial charge in [0, 0.05) is 32.6 Å². The lowest BCUT2D eigenvalue weighted by atomic mass is 9.81. The highest BCUT2D eigenvalue weighted by Gasteiger charge is 2.33. The number of amides is 3. The Morgan fingerprint density at radius 3 is 2.48 bits per heavy atom. The first kappa shape index (κ1) is 20.0. The number of rotatable bonds is 6. The summed E-state index contributed by atoms with van der Waals surface area (Å²) < 4.78 is 5.33. The van der Waals surface area contributed by atoms with Gasteiger partial charge in [0.15, 0.2) is 0 Å². The molecule has 0 aromatic carbocycles. The van der Waals surface area contributed by atoms with Gasteiger partial charge >= 0.3 is 6.03 Å². The molecule has 0 aliphatic carbocycles. The summed E-state index contributed by atoms with van der Waals surface area (Å²) in [7, 11) is 4.17. The number of morpholine rings is 1. The Morgan fingerprint density at radius 2 is 1.84 bits per heavy atom. The van der Waals surface area contributed by atoms with Gasteiger partial charge in [-0.1, -0.05) is 13.3 Å². The molecule has 144 valence electrons. The second kappa shape index (κ2) is 9.97. The van der Waals surface area contributed by atoms with Gasteiger partial charge in [0.2, 0.25) is 5.91 Å². The van der Waals surface area contributed by atoms with E-state index in [1.165, 1.54) is 4.90 Å². The predicted molar refractivity (Wildman–Crippen MR) is 96.6 cm³/mol. The lowest BCUT2D eigenvalue weighted by molar-refractivity contribution is -0.856. The molecular weight excluding hydrogens is 320 g/mol. The molecule has 0 unspecified atom stereocenters. The van der Waals surface area contributed by atoms with Crippen LogP contribution in [0.2, 0.25) is 0 Å². The number of quaternary nitrogens is 1. The van der Waals surface area contributed by atoms with Gasteiger partial charge in [0.05, 0.1) is 40.4 Å². The van der Waals surface area contributed by atoms with E-state index < -0.39 is 0 Å². The highest BCUT2D eigenvalue weighted by Crippen LogP contribution is 2.29. The van der Waals surface area contributed by atoms with Crippen LogP contribution in [0.3, 0.4) is 0 Å². The lowest BCUT2D eigenvalue weighted by Crippen LogP contribution is -3.06. The number of likely N-dealkylation sites (tertiary alicyclic amines) is 1. The third-order valence-corrected chi connectivity index (χ3v) is 5.36. The number of piperidine rings is 1. The summed E-state index contributed by atoms with van der Waals surface area (Å²) in [5, 5.41) is 3.03. The van der Waals surface area contributed by atoms with Crippen LogP contribution >= 0.6 is 0 Å². The first-order valence-corrected chi connectivity index (χ1v) is 9.68. The molecule has 7 heteroatoms. The van der Waals surface area contributed by atoms with Crippen LogP contribution in [-0.4, -0.2) is 88.3 Å². The molecule has 0 radical (unpaired) electrons. The van der Waals surface area contributed by atoms with Gasteiger partial charge < -0.3 is 24.8 Å². The Hall–Kier alpha value is -1.34. The molecular formula is C18H35N4O3+. The summed E-state index contributed by atoms with van der Waals surface area (Å²) in [4.78, 5) is 30.1. The van der Waals surface area contributed by atoms with Gasteiger partial charge in [-0.05, 0) is 18.3 Å². The third kappa shape index (κ3) is 6.15. The summed E-state index contributed by atoms with van der Waals surface area (Å²) in [6.45, 7) is 7.99. The van der Waals surface area contributed by atoms with E-state index in [2.05, 4.69) is 26.3 Å². The molecule has 0 spiro atoms. The summed E-state index contributed by atoms with van der Waals surface area (Å²) in [5.74, 6) is 0.937. The van der Waals surface area contributed by atoms with Crippen molar-refractivity contribution in [1.29, 1.82) is 0 Å². The van der Waals surface area contributed by atoms with Crippen molar-refractivity contribution in [3.63, 3.8) is 0 Å². The van der Waals surface area contributed by atoms with E-state index in [1.807, 2.05) is 9.80 Å². The highest BCUT2D eigenvalue weighted by molar-refractivity contribution is 5.76. The smallest absolute Gasteiger partial charge is 0.320 e. The molecule has 0 aromatic heterocycles. The highest BCUT2D eigenvalue weighted by atomic mass is 16.5. The first-order chi connectivity index (χ1) is 12.0. The molecule has 3 amide bonds. The number of nitrogens with one attached hydrogen (secondary N) is 2. The summed E-state index contributed by atoms with van der Waals surface area (Å²) in [5.41, 5.74) is 0. The summed E-state index contributed by atoms with van der Waals surface area (Å²) >= 11 is 0. The largest absolute Gasteiger partial charge is 0.378 e. The van der Waals surface area contributed by atoms with Crippen LogP contribution in [0, 0.1) is 11.8 Å². The zero-order valence-electron chi connectivity index (χ0n) is 16.1. The van der Waals surface area contributed by atoms with Crippen molar-refractivity contribution >= 4 is 11.9 Å². The second-order valence-corrected chi connectivity index (χ2v) is 7.56. The van der Waals surface area contributed by atoms with Gasteiger partial charge in [-0.15, -0.1) is 0 Å². The van der Waals surface area contributed by atoms with Crippen molar-refractivity contribution < 1.29 is 19.2 Å². The SMILES string of the molecule is CC[C@H]1CN(C(=O)N2CCOCC2)CC[C@H]1CC(=O)NCC[NH+](C)C. The maximum Gasteiger partial charge on any atom is 0.320 e. The number of likely N-dealkylation sites (N-methyl/N-ethyl adjacent to an activating group) is 1. The van der Waals surface area contributed by atoms with E-state index in [9.17, 15) is 9.59 Å². The fraction of sp³-hybridized carbons (Fsp3) is 0.889. The Balaban J connectivity index is 1.80. The van der Waals surface area contributed by atoms with Crippen molar-refractivity contribution in [3.8, 4) is 0 Å². The van der Waals surface area contributed by atoms with Crippen molar-refractivity contribution in [1.82, 2.24) is 15.1 Å². The van der Waals surface area contributed by atoms with Gasteiger partial charge in [-0.3, -0.25) is 4.79 Å². The normalized spacial score (nSPS) is 24.5. The molecule has 0 aromatic rings. The van der Waals surface area contributed by atoms with E-state index in [1.54, 1.807) is 0 Å². The third-order valence-electron chi connectivity index (χ3n) is 5.36. The van der Waals surface area contributed by atoms with Crippen molar-refractivity contribution in [2.75, 3.05) is 66.6 Å². The molecule has 7 nitrogen and oxygen atoms in total. The van der Waals surface area contributed by atoms with Gasteiger partial charge in [-0.25, -0.2) is 4.79 Å². The molecule has 2 aliphatic heterocycles. The number of urea groups is 1. The van der Waals surface area contributed by atoms with Crippen LogP contribution in [-0.2, 0) is 9.53 Å². The Labute approximate surface area is 151 Å². The van der Waals surface area contributed by atoms with E-state index in [0.29, 0.717) is 44.6 Å². The minimum Gasteiger partial charge on any atom is -0.378 e. The standard InChI is InChI=1S/C18H34N4O3/c1-4-15-14-22(18(24)21-9-11-25-12-10-21)7-5-16(15)13-17(23)19-6-8-20(2)3/h15-16H,4-14H2,1-3H3,(H,19,23)/p+1/t15-,16-/m0/s1. The Morgan fingerprint density at radius 1 is 1.12 bits per heavy atom. The number of ether oxygens (including phenoxy) is 1. The molecule has 2 aliphatic rings. The number of carbonyl (C=O) groups is 2. The zero-order chi connectivity index (χ0) is 18.2. The fourth-order valence-corrected chi connectivity index (χ4v) is 3.70. The monoisotopic (exact) mass is 355 g/mol. The van der Waals surface area contributed by atoms with Gasteiger partial charge in [-0.2, -0.15) is 0 Å². The molecule has 2 N–H and O–H groups in total. The van der Waals surface area contributed by atoms with Gasteiger partial charge in [0.1, 0.15) is 0 Å². The van der Waals surface area contributed by atoms with Crippen molar-refractivity contribution in [2.24, 2.45) is 11.8 Å². The first-order valence-electron chi connectivity index (χ1n) is 9.68. The van der Waals surface area contributed by atoms with Crippen LogP contribution in [0.15, 0.2) is 0 Å². The van der Waals surface area contributed by atoms with E-state index >= 15 is 0 Å². The average molecular weight is 356 g/mol. The number of carbonyl (C=O) groups excluding carboxylic acids is 2. The zero-order valence-corrected chi connectivity index (χ0v) is 16.1. The van der Waals surface area contributed by atoms with E-state index in [0.717, 1.165) is 39.0 Å². The summed E-state index contributed by atoms with van der Waals surface area (Å²) in [6.07, 6.45) is 2.51. The van der Waals surface area contributed by atoms with Crippen LogP contribution in [0.25, 0.3) is 0 Å². The molecule has 2 saturated heterocycles. The predicted octanol–water partition coefficient (Wildman–Crippen LogP) is -0.562. The van der Waals surface area contributed by atoms with E-state index in [-0.39, 0.29) is 11.9 Å². The molecule has 2 rings (SSSR count). The van der Waals surface area contributed by atoms with Gasteiger partial charge in [0.25, 0.3) is 0 Å². The average Bonchev–Trinajstić information content (AvgIpc) is 2.61.